The summed E-state index contributed by atoms with van der Waals surface area (Å²) in [4.78, 5) is 22.9. The van der Waals surface area contributed by atoms with E-state index in [1.54, 1.807) is 49.0 Å². The summed E-state index contributed by atoms with van der Waals surface area (Å²) >= 11 is 0. The van der Waals surface area contributed by atoms with Crippen molar-refractivity contribution in [2.24, 2.45) is 0 Å². The third-order valence-corrected chi connectivity index (χ3v) is 5.84. The largest absolute Gasteiger partial charge is 0.417 e. The van der Waals surface area contributed by atoms with E-state index in [1.165, 1.54) is 0 Å². The van der Waals surface area contributed by atoms with E-state index < -0.39 is 17.8 Å². The van der Waals surface area contributed by atoms with Gasteiger partial charge in [-0.2, -0.15) is 13.2 Å². The van der Waals surface area contributed by atoms with Crippen LogP contribution in [0.15, 0.2) is 29.3 Å². The monoisotopic (exact) mass is 435 g/mol. The molecule has 166 valence electrons. The Kier molecular flexibility index (Phi) is 5.49. The van der Waals surface area contributed by atoms with Gasteiger partial charge in [-0.25, -0.2) is 9.97 Å². The van der Waals surface area contributed by atoms with Gasteiger partial charge in [0.15, 0.2) is 0 Å². The fourth-order valence-electron chi connectivity index (χ4n) is 4.08. The van der Waals surface area contributed by atoms with Crippen LogP contribution in [0.1, 0.15) is 68.4 Å². The SMILES string of the molecule is CC(C)c1cc(C(F)(F)F)c2c(C3CCCN(C(=O)C(C)n4ccnc4)C3)noc2n1. The summed E-state index contributed by atoms with van der Waals surface area (Å²) in [6.07, 6.45) is 1.60. The number of aromatic nitrogens is 4. The third kappa shape index (κ3) is 4.03. The molecule has 10 heteroatoms. The molecule has 2 unspecified atom stereocenters. The number of piperidine rings is 1. The summed E-state index contributed by atoms with van der Waals surface area (Å²) in [7, 11) is 0. The maximum Gasteiger partial charge on any atom is 0.417 e. The molecule has 4 heterocycles. The molecule has 2 atom stereocenters. The Hall–Kier alpha value is -2.91. The van der Waals surface area contributed by atoms with Crippen LogP contribution in [0.3, 0.4) is 0 Å². The molecule has 0 radical (unpaired) electrons. The second kappa shape index (κ2) is 7.97. The number of carbonyl (C=O) groups is 1. The van der Waals surface area contributed by atoms with Crippen LogP contribution < -0.4 is 0 Å². The first kappa shape index (κ1) is 21.3. The average Bonchev–Trinajstić information content (AvgIpc) is 3.41. The van der Waals surface area contributed by atoms with Gasteiger partial charge in [-0.05, 0) is 31.7 Å². The van der Waals surface area contributed by atoms with Crippen LogP contribution in [-0.4, -0.2) is 43.6 Å². The Morgan fingerprint density at radius 2 is 2.06 bits per heavy atom. The Bertz CT molecular complexity index is 1070. The first-order valence-electron chi connectivity index (χ1n) is 10.3. The molecule has 0 bridgehead atoms. The fourth-order valence-corrected chi connectivity index (χ4v) is 4.08. The molecular formula is C21H24F3N5O2. The number of hydrogen-bond acceptors (Lipinski definition) is 5. The van der Waals surface area contributed by atoms with Gasteiger partial charge in [-0.3, -0.25) is 4.79 Å². The van der Waals surface area contributed by atoms with Crippen molar-refractivity contribution in [3.63, 3.8) is 0 Å². The van der Waals surface area contributed by atoms with Gasteiger partial charge in [-0.15, -0.1) is 0 Å². The van der Waals surface area contributed by atoms with E-state index in [0.29, 0.717) is 25.1 Å². The van der Waals surface area contributed by atoms with Crippen LogP contribution >= 0.6 is 0 Å². The van der Waals surface area contributed by atoms with Gasteiger partial charge < -0.3 is 14.0 Å². The zero-order valence-electron chi connectivity index (χ0n) is 17.6. The molecule has 7 nitrogen and oxygen atoms in total. The Morgan fingerprint density at radius 3 is 2.71 bits per heavy atom. The highest BCUT2D eigenvalue weighted by Crippen LogP contribution is 2.41. The van der Waals surface area contributed by atoms with Crippen molar-refractivity contribution in [2.45, 2.75) is 57.7 Å². The normalized spacial score (nSPS) is 18.7. The summed E-state index contributed by atoms with van der Waals surface area (Å²) in [5, 5.41) is 3.89. The zero-order valence-corrected chi connectivity index (χ0v) is 17.6. The Labute approximate surface area is 177 Å². The van der Waals surface area contributed by atoms with E-state index in [2.05, 4.69) is 15.1 Å². The van der Waals surface area contributed by atoms with E-state index in [4.69, 9.17) is 4.52 Å². The lowest BCUT2D eigenvalue weighted by atomic mass is 9.91. The molecule has 1 fully saturated rings. The van der Waals surface area contributed by atoms with E-state index >= 15 is 0 Å². The first-order chi connectivity index (χ1) is 14.7. The van der Waals surface area contributed by atoms with Crippen molar-refractivity contribution >= 4 is 17.0 Å². The lowest BCUT2D eigenvalue weighted by Gasteiger charge is -2.34. The molecule has 1 amide bonds. The topological polar surface area (TPSA) is 77.0 Å². The molecule has 4 rings (SSSR count). The number of nitrogens with zero attached hydrogens (tertiary/aromatic N) is 5. The van der Waals surface area contributed by atoms with Gasteiger partial charge in [0, 0.05) is 37.1 Å². The minimum atomic E-state index is -4.56. The van der Waals surface area contributed by atoms with Crippen LogP contribution in [0.2, 0.25) is 0 Å². The van der Waals surface area contributed by atoms with Crippen molar-refractivity contribution in [2.75, 3.05) is 13.1 Å². The maximum absolute atomic E-state index is 13.9. The second-order valence-electron chi connectivity index (χ2n) is 8.30. The summed E-state index contributed by atoms with van der Waals surface area (Å²) in [5.74, 6) is -0.653. The van der Waals surface area contributed by atoms with Crippen LogP contribution in [0, 0.1) is 0 Å². The molecule has 1 aliphatic rings. The second-order valence-corrected chi connectivity index (χ2v) is 8.30. The summed E-state index contributed by atoms with van der Waals surface area (Å²) in [6, 6.07) is 0.636. The lowest BCUT2D eigenvalue weighted by molar-refractivity contribution is -0.137. The third-order valence-electron chi connectivity index (χ3n) is 5.84. The molecular weight excluding hydrogens is 411 g/mol. The molecule has 0 aliphatic carbocycles. The highest BCUT2D eigenvalue weighted by atomic mass is 19.4. The number of alkyl halides is 3. The summed E-state index contributed by atoms with van der Waals surface area (Å²) in [5.41, 5.74) is -0.369. The van der Waals surface area contributed by atoms with Gasteiger partial charge >= 0.3 is 6.18 Å². The van der Waals surface area contributed by atoms with Crippen LogP contribution in [-0.2, 0) is 11.0 Å². The number of fused-ring (bicyclic) bond motifs is 1. The number of imidazole rings is 1. The Morgan fingerprint density at radius 1 is 1.29 bits per heavy atom. The van der Waals surface area contributed by atoms with Gasteiger partial charge in [0.1, 0.15) is 6.04 Å². The van der Waals surface area contributed by atoms with Gasteiger partial charge in [-0.1, -0.05) is 19.0 Å². The van der Waals surface area contributed by atoms with Crippen LogP contribution in [0.4, 0.5) is 13.2 Å². The van der Waals surface area contributed by atoms with Crippen LogP contribution in [0.25, 0.3) is 11.1 Å². The molecule has 1 saturated heterocycles. The minimum absolute atomic E-state index is 0.0983. The van der Waals surface area contributed by atoms with Gasteiger partial charge in [0.25, 0.3) is 5.71 Å². The molecule has 0 aromatic carbocycles. The molecule has 0 spiro atoms. The summed E-state index contributed by atoms with van der Waals surface area (Å²) < 4.78 is 48.6. The van der Waals surface area contributed by atoms with Crippen molar-refractivity contribution in [3.8, 4) is 0 Å². The molecule has 3 aromatic heterocycles. The number of likely N-dealkylation sites (tertiary alicyclic amines) is 1. The smallest absolute Gasteiger partial charge is 0.340 e. The number of hydrogen-bond donors (Lipinski definition) is 0. The highest BCUT2D eigenvalue weighted by molar-refractivity contribution is 5.83. The number of halogens is 3. The predicted octanol–water partition coefficient (Wildman–Crippen LogP) is 4.53. The summed E-state index contributed by atoms with van der Waals surface area (Å²) in [6.45, 7) is 6.16. The molecule has 1 aliphatic heterocycles. The van der Waals surface area contributed by atoms with E-state index in [9.17, 15) is 18.0 Å². The van der Waals surface area contributed by atoms with Crippen molar-refractivity contribution in [1.29, 1.82) is 0 Å². The van der Waals surface area contributed by atoms with E-state index in [1.807, 2.05) is 0 Å². The van der Waals surface area contributed by atoms with E-state index in [-0.39, 0.29) is 41.1 Å². The van der Waals surface area contributed by atoms with Gasteiger partial charge in [0.2, 0.25) is 5.91 Å². The first-order valence-corrected chi connectivity index (χ1v) is 10.3. The zero-order chi connectivity index (χ0) is 22.3. The van der Waals surface area contributed by atoms with E-state index in [0.717, 1.165) is 6.07 Å². The number of carbonyl (C=O) groups excluding carboxylic acids is 1. The van der Waals surface area contributed by atoms with Crippen LogP contribution in [0.5, 0.6) is 0 Å². The number of pyridine rings is 1. The number of rotatable bonds is 4. The fraction of sp³-hybridized carbons (Fsp3) is 0.524. The van der Waals surface area contributed by atoms with Gasteiger partial charge in [0.05, 0.1) is 23.0 Å². The molecule has 0 saturated carbocycles. The molecule has 0 N–H and O–H groups in total. The quantitative estimate of drug-likeness (QED) is 0.602. The lowest BCUT2D eigenvalue weighted by Crippen LogP contribution is -2.42. The predicted molar refractivity (Wildman–Crippen MR) is 106 cm³/mol. The number of amides is 1. The van der Waals surface area contributed by atoms with Crippen molar-refractivity contribution in [3.05, 3.63) is 41.7 Å². The minimum Gasteiger partial charge on any atom is -0.340 e. The highest BCUT2D eigenvalue weighted by Gasteiger charge is 2.39. The molecule has 31 heavy (non-hydrogen) atoms. The standard InChI is InChI=1S/C21H24F3N5O2/c1-12(2)16-9-15(21(22,23)24)17-18(27-31-19(17)26-16)14-5-4-7-28(10-14)20(30)13(3)29-8-6-25-11-29/h6,8-9,11-14H,4-5,7,10H2,1-3H3. The Balaban J connectivity index is 1.68. The average molecular weight is 435 g/mol. The maximum atomic E-state index is 13.9. The molecule has 3 aromatic rings. The van der Waals surface area contributed by atoms with Crippen molar-refractivity contribution in [1.82, 2.24) is 24.6 Å². The van der Waals surface area contributed by atoms with Crippen molar-refractivity contribution < 1.29 is 22.5 Å².